The number of rotatable bonds is 6. The molecular formula is C24H30OSe. The van der Waals surface area contributed by atoms with E-state index in [2.05, 4.69) is 74.5 Å². The molecule has 3 aliphatic rings. The molecule has 5 rings (SSSR count). The second kappa shape index (κ2) is 7.50. The predicted molar refractivity (Wildman–Crippen MR) is 110 cm³/mol. The van der Waals surface area contributed by atoms with Crippen LogP contribution in [-0.2, 0) is 4.74 Å². The topological polar surface area (TPSA) is 9.23 Å². The van der Waals surface area contributed by atoms with Crippen LogP contribution in [0.15, 0.2) is 60.7 Å². The third-order valence-electron chi connectivity index (χ3n) is 7.00. The van der Waals surface area contributed by atoms with Crippen LogP contribution >= 0.6 is 0 Å². The van der Waals surface area contributed by atoms with Gasteiger partial charge in [-0.1, -0.05) is 0 Å². The van der Waals surface area contributed by atoms with E-state index in [-0.39, 0.29) is 6.10 Å². The maximum absolute atomic E-state index is 5.86. The van der Waals surface area contributed by atoms with E-state index in [0.717, 1.165) is 22.6 Å². The summed E-state index contributed by atoms with van der Waals surface area (Å²) in [5.74, 6) is 2.52. The van der Waals surface area contributed by atoms with Crippen LogP contribution in [0.5, 0.6) is 0 Å². The molecule has 0 spiro atoms. The number of hydrogen-bond acceptors (Lipinski definition) is 1. The number of ether oxygens (including phenoxy) is 1. The van der Waals surface area contributed by atoms with Crippen LogP contribution in [0, 0.1) is 17.3 Å². The van der Waals surface area contributed by atoms with Crippen LogP contribution < -0.4 is 0 Å². The fourth-order valence-corrected chi connectivity index (χ4v) is 8.73. The van der Waals surface area contributed by atoms with Gasteiger partial charge in [0.2, 0.25) is 0 Å². The first-order valence-electron chi connectivity index (χ1n) is 9.85. The zero-order valence-electron chi connectivity index (χ0n) is 16.1. The van der Waals surface area contributed by atoms with Crippen molar-refractivity contribution in [3.63, 3.8) is 0 Å². The number of benzene rings is 2. The zero-order chi connectivity index (χ0) is 18.1. The van der Waals surface area contributed by atoms with Gasteiger partial charge in [-0.05, 0) is 0 Å². The van der Waals surface area contributed by atoms with Crippen LogP contribution in [0.4, 0.5) is 0 Å². The molecule has 2 aromatic carbocycles. The first kappa shape index (κ1) is 18.3. The Labute approximate surface area is 164 Å². The van der Waals surface area contributed by atoms with Gasteiger partial charge in [-0.2, -0.15) is 0 Å². The minimum absolute atomic E-state index is 0.249. The molecule has 2 heteroatoms. The third kappa shape index (κ3) is 3.28. The Bertz CT molecular complexity index is 712. The van der Waals surface area contributed by atoms with Crippen molar-refractivity contribution in [2.24, 2.45) is 17.3 Å². The molecule has 1 nitrogen and oxygen atoms in total. The molecule has 0 saturated heterocycles. The Kier molecular flexibility index (Phi) is 5.28. The van der Waals surface area contributed by atoms with Gasteiger partial charge in [-0.3, -0.25) is 0 Å². The summed E-state index contributed by atoms with van der Waals surface area (Å²) >= 11 is 0.602. The van der Waals surface area contributed by atoms with E-state index in [0.29, 0.717) is 20.4 Å². The second-order valence-electron chi connectivity index (χ2n) is 8.54. The molecule has 0 aromatic heterocycles. The van der Waals surface area contributed by atoms with Gasteiger partial charge in [0.05, 0.1) is 0 Å². The molecule has 0 aliphatic heterocycles. The van der Waals surface area contributed by atoms with Crippen LogP contribution in [0.1, 0.15) is 49.8 Å². The van der Waals surface area contributed by atoms with Crippen molar-refractivity contribution in [3.8, 4) is 0 Å². The van der Waals surface area contributed by atoms with Crippen LogP contribution in [-0.4, -0.2) is 22.1 Å². The van der Waals surface area contributed by atoms with Gasteiger partial charge in [0.1, 0.15) is 0 Å². The molecule has 2 aromatic rings. The molecule has 138 valence electrons. The van der Waals surface area contributed by atoms with E-state index in [1.54, 1.807) is 5.56 Å². The van der Waals surface area contributed by atoms with E-state index >= 15 is 0 Å². The summed E-state index contributed by atoms with van der Waals surface area (Å²) in [6.45, 7) is 5.01. The number of fused-ring (bicyclic) bond motifs is 2. The Morgan fingerprint density at radius 3 is 2.27 bits per heavy atom. The average molecular weight is 413 g/mol. The Morgan fingerprint density at radius 1 is 1.00 bits per heavy atom. The van der Waals surface area contributed by atoms with Crippen molar-refractivity contribution < 1.29 is 4.74 Å². The summed E-state index contributed by atoms with van der Waals surface area (Å²) in [5.41, 5.74) is 3.42. The molecule has 2 bridgehead atoms. The van der Waals surface area contributed by atoms with Crippen LogP contribution in [0.3, 0.4) is 0 Å². The fourth-order valence-electron chi connectivity index (χ4n) is 5.22. The van der Waals surface area contributed by atoms with E-state index < -0.39 is 0 Å². The monoisotopic (exact) mass is 414 g/mol. The number of hydrogen-bond donors (Lipinski definition) is 0. The molecule has 0 heterocycles. The summed E-state index contributed by atoms with van der Waals surface area (Å²) in [6, 6.07) is 22.1. The maximum atomic E-state index is 5.86. The van der Waals surface area contributed by atoms with Crippen molar-refractivity contribution in [2.75, 3.05) is 7.11 Å². The molecule has 0 amide bonds. The molecule has 0 N–H and O–H groups in total. The van der Waals surface area contributed by atoms with Gasteiger partial charge in [0, 0.05) is 0 Å². The van der Waals surface area contributed by atoms with E-state index in [1.807, 2.05) is 7.11 Å². The Hall–Kier alpha value is -1.08. The molecule has 1 unspecified atom stereocenters. The van der Waals surface area contributed by atoms with E-state index in [9.17, 15) is 0 Å². The average Bonchev–Trinajstić information content (AvgIpc) is 2.69. The van der Waals surface area contributed by atoms with Crippen molar-refractivity contribution in [3.05, 3.63) is 71.8 Å². The quantitative estimate of drug-likeness (QED) is 0.517. The summed E-state index contributed by atoms with van der Waals surface area (Å²) in [4.78, 5) is 0.850. The molecule has 3 aliphatic carbocycles. The van der Waals surface area contributed by atoms with Crippen LogP contribution in [0.25, 0.3) is 0 Å². The van der Waals surface area contributed by atoms with Crippen molar-refractivity contribution in [1.82, 2.24) is 0 Å². The third-order valence-corrected chi connectivity index (χ3v) is 9.96. The standard InChI is InChI=1S/C24H30OSe/c1-24(2)19-14-20(24)23(18-12-8-5-9-13-18)22(15-19)26-16-21(25-3)17-10-6-4-7-11-17/h4-13,19-23H,14-16H2,1-3H3/t19-,20+,21?,22-,23+/m1/s1. The van der Waals surface area contributed by atoms with Gasteiger partial charge in [-0.25, -0.2) is 0 Å². The fraction of sp³-hybridized carbons (Fsp3) is 0.500. The predicted octanol–water partition coefficient (Wildman–Crippen LogP) is 6.13. The van der Waals surface area contributed by atoms with E-state index in [4.69, 9.17) is 4.74 Å². The summed E-state index contributed by atoms with van der Waals surface area (Å²) in [6.07, 6.45) is 3.10. The summed E-state index contributed by atoms with van der Waals surface area (Å²) in [5, 5.41) is 1.18. The first-order chi connectivity index (χ1) is 12.6. The van der Waals surface area contributed by atoms with Gasteiger partial charge in [-0.15, -0.1) is 0 Å². The molecular weight excluding hydrogens is 383 g/mol. The first-order valence-corrected chi connectivity index (χ1v) is 12.1. The normalized spacial score (nSPS) is 30.4. The SMILES string of the molecule is COC(C[Se][C@@H]1C[C@H]2C[C@@H]([C@@H]1c1ccccc1)C2(C)C)c1ccccc1. The van der Waals surface area contributed by atoms with Crippen molar-refractivity contribution in [1.29, 1.82) is 0 Å². The molecule has 0 radical (unpaired) electrons. The van der Waals surface area contributed by atoms with Gasteiger partial charge in [0.15, 0.2) is 0 Å². The summed E-state index contributed by atoms with van der Waals surface area (Å²) in [7, 11) is 1.86. The number of methoxy groups -OCH3 is 1. The van der Waals surface area contributed by atoms with Gasteiger partial charge >= 0.3 is 165 Å². The van der Waals surface area contributed by atoms with Crippen molar-refractivity contribution in [2.45, 2.75) is 48.8 Å². The molecule has 5 atom stereocenters. The van der Waals surface area contributed by atoms with E-state index in [1.165, 1.54) is 23.7 Å². The minimum atomic E-state index is 0.249. The summed E-state index contributed by atoms with van der Waals surface area (Å²) < 4.78 is 5.86. The Balaban J connectivity index is 1.51. The van der Waals surface area contributed by atoms with Crippen LogP contribution in [0.2, 0.25) is 10.1 Å². The molecule has 3 fully saturated rings. The van der Waals surface area contributed by atoms with Gasteiger partial charge < -0.3 is 0 Å². The van der Waals surface area contributed by atoms with Crippen molar-refractivity contribution >= 4 is 15.0 Å². The molecule has 3 saturated carbocycles. The molecule has 26 heavy (non-hydrogen) atoms. The second-order valence-corrected chi connectivity index (χ2v) is 11.2. The zero-order valence-corrected chi connectivity index (χ0v) is 17.8. The Morgan fingerprint density at radius 2 is 1.65 bits per heavy atom. The van der Waals surface area contributed by atoms with Gasteiger partial charge in [0.25, 0.3) is 0 Å².